The van der Waals surface area contributed by atoms with Crippen molar-refractivity contribution in [2.24, 2.45) is 0 Å². The molecule has 0 fully saturated rings. The largest absolute Gasteiger partial charge is 0.221 e. The van der Waals surface area contributed by atoms with E-state index in [-0.39, 0.29) is 5.92 Å². The van der Waals surface area contributed by atoms with Gasteiger partial charge in [-0.15, -0.1) is 0 Å². The minimum absolute atomic E-state index is 0.262. The van der Waals surface area contributed by atoms with Gasteiger partial charge < -0.3 is 0 Å². The van der Waals surface area contributed by atoms with E-state index in [9.17, 15) is 5.26 Å². The Bertz CT molecular complexity index is 559. The predicted molar refractivity (Wildman–Crippen MR) is 68.3 cm³/mol. The average Bonchev–Trinajstić information content (AvgIpc) is 2.82. The lowest BCUT2D eigenvalue weighted by Gasteiger charge is -1.98. The van der Waals surface area contributed by atoms with Crippen LogP contribution in [-0.4, -0.2) is 14.6 Å². The van der Waals surface area contributed by atoms with E-state index in [0.29, 0.717) is 5.69 Å². The molecular weight excluding hydrogens is 232 g/mol. The molecule has 0 unspecified atom stereocenters. The van der Waals surface area contributed by atoms with E-state index in [1.807, 2.05) is 13.8 Å². The molecule has 2 rings (SSSR count). The summed E-state index contributed by atoms with van der Waals surface area (Å²) in [5.74, 6) is 0.262. The van der Waals surface area contributed by atoms with Gasteiger partial charge >= 0.3 is 0 Å². The molecule has 17 heavy (non-hydrogen) atoms. The molecule has 2 aromatic heterocycles. The number of hydrogen-bond donors (Lipinski definition) is 0. The van der Waals surface area contributed by atoms with Gasteiger partial charge in [-0.1, -0.05) is 38.5 Å². The second-order valence-electron chi connectivity index (χ2n) is 4.41. The number of rotatable bonds is 4. The Balaban J connectivity index is 2.43. The predicted octanol–water partition coefficient (Wildman–Crippen LogP) is 3.13. The number of hydrogen-bond acceptors (Lipinski definition) is 4. The van der Waals surface area contributed by atoms with Crippen molar-refractivity contribution in [2.45, 2.75) is 46.0 Å². The fraction of sp³-hybridized carbons (Fsp3) is 0.583. The Morgan fingerprint density at radius 3 is 2.82 bits per heavy atom. The van der Waals surface area contributed by atoms with Gasteiger partial charge in [0.2, 0.25) is 4.96 Å². The molecule has 0 aromatic carbocycles. The molecule has 2 aromatic rings. The summed E-state index contributed by atoms with van der Waals surface area (Å²) in [7, 11) is 0. The van der Waals surface area contributed by atoms with Crippen LogP contribution in [0, 0.1) is 11.3 Å². The van der Waals surface area contributed by atoms with E-state index >= 15 is 0 Å². The van der Waals surface area contributed by atoms with Gasteiger partial charge in [0, 0.05) is 6.42 Å². The van der Waals surface area contributed by atoms with Crippen LogP contribution in [0.4, 0.5) is 0 Å². The van der Waals surface area contributed by atoms with E-state index in [1.165, 1.54) is 0 Å². The zero-order valence-electron chi connectivity index (χ0n) is 10.4. The summed E-state index contributed by atoms with van der Waals surface area (Å²) < 4.78 is 1.70. The van der Waals surface area contributed by atoms with Crippen molar-refractivity contribution in [2.75, 3.05) is 0 Å². The summed E-state index contributed by atoms with van der Waals surface area (Å²) in [4.78, 5) is 5.35. The molecule has 4 nitrogen and oxygen atoms in total. The van der Waals surface area contributed by atoms with Crippen LogP contribution in [0.5, 0.6) is 0 Å². The Morgan fingerprint density at radius 1 is 1.47 bits per heavy atom. The van der Waals surface area contributed by atoms with Crippen molar-refractivity contribution in [3.05, 3.63) is 16.4 Å². The van der Waals surface area contributed by atoms with Gasteiger partial charge in [0.25, 0.3) is 0 Å². The summed E-state index contributed by atoms with van der Waals surface area (Å²) in [6.07, 6.45) is 3.27. The maximum absolute atomic E-state index is 9.19. The number of unbranched alkanes of at least 4 members (excludes halogenated alkanes) is 1. The van der Waals surface area contributed by atoms with Crippen molar-refractivity contribution in [3.8, 4) is 6.07 Å². The Hall–Kier alpha value is -1.41. The van der Waals surface area contributed by atoms with Gasteiger partial charge in [0.15, 0.2) is 5.69 Å². The first-order chi connectivity index (χ1) is 8.17. The van der Waals surface area contributed by atoms with E-state index in [1.54, 1.807) is 15.9 Å². The van der Waals surface area contributed by atoms with Crippen LogP contribution < -0.4 is 0 Å². The van der Waals surface area contributed by atoms with Gasteiger partial charge in [0.1, 0.15) is 11.1 Å². The lowest BCUT2D eigenvalue weighted by molar-refractivity contribution is 0.765. The van der Waals surface area contributed by atoms with E-state index in [2.05, 4.69) is 23.1 Å². The molecule has 0 radical (unpaired) electrons. The van der Waals surface area contributed by atoms with E-state index in [0.717, 1.165) is 34.9 Å². The molecule has 0 N–H and O–H groups in total. The highest BCUT2D eigenvalue weighted by atomic mass is 32.1. The summed E-state index contributed by atoms with van der Waals surface area (Å²) in [6, 6.07) is 2.21. The van der Waals surface area contributed by atoms with Crippen molar-refractivity contribution in [1.29, 1.82) is 5.26 Å². The highest BCUT2D eigenvalue weighted by Gasteiger charge is 2.18. The summed E-state index contributed by atoms with van der Waals surface area (Å²) in [5.41, 5.74) is 1.45. The number of nitrogens with zero attached hydrogens (tertiary/aromatic N) is 4. The first kappa shape index (κ1) is 12.1. The molecule has 0 aliphatic carbocycles. The molecule has 0 saturated heterocycles. The monoisotopic (exact) mass is 248 g/mol. The van der Waals surface area contributed by atoms with Crippen LogP contribution in [0.25, 0.3) is 4.96 Å². The third-order valence-corrected chi connectivity index (χ3v) is 3.64. The molecule has 0 amide bonds. The van der Waals surface area contributed by atoms with E-state index in [4.69, 9.17) is 0 Å². The second kappa shape index (κ2) is 4.84. The van der Waals surface area contributed by atoms with Gasteiger partial charge in [0.05, 0.1) is 5.69 Å². The lowest BCUT2D eigenvalue weighted by Crippen LogP contribution is -1.96. The molecule has 0 spiro atoms. The average molecular weight is 248 g/mol. The van der Waals surface area contributed by atoms with Crippen LogP contribution in [0.2, 0.25) is 0 Å². The van der Waals surface area contributed by atoms with Gasteiger partial charge in [-0.05, 0) is 12.3 Å². The molecule has 0 saturated carbocycles. The smallest absolute Gasteiger partial charge is 0.213 e. The van der Waals surface area contributed by atoms with Crippen molar-refractivity contribution in [1.82, 2.24) is 14.6 Å². The maximum atomic E-state index is 9.19. The van der Waals surface area contributed by atoms with Crippen LogP contribution in [-0.2, 0) is 6.42 Å². The molecule has 0 aliphatic heterocycles. The zero-order valence-corrected chi connectivity index (χ0v) is 11.2. The van der Waals surface area contributed by atoms with Crippen LogP contribution >= 0.6 is 11.3 Å². The second-order valence-corrected chi connectivity index (χ2v) is 5.45. The number of imidazole rings is 1. The van der Waals surface area contributed by atoms with Crippen LogP contribution in [0.3, 0.4) is 0 Å². The standard InChI is InChI=1S/C12H16N4S/c1-4-5-6-10-15-16-9(7-13)11(8(2)3)14-12(16)17-10/h8H,4-6H2,1-3H3. The molecule has 0 bridgehead atoms. The summed E-state index contributed by atoms with van der Waals surface area (Å²) >= 11 is 1.59. The fourth-order valence-corrected chi connectivity index (χ4v) is 2.68. The summed E-state index contributed by atoms with van der Waals surface area (Å²) in [5, 5.41) is 14.7. The van der Waals surface area contributed by atoms with Crippen molar-refractivity contribution < 1.29 is 0 Å². The fourth-order valence-electron chi connectivity index (χ4n) is 1.74. The van der Waals surface area contributed by atoms with Gasteiger partial charge in [-0.3, -0.25) is 0 Å². The first-order valence-electron chi connectivity index (χ1n) is 5.95. The molecule has 0 atom stereocenters. The number of fused-ring (bicyclic) bond motifs is 1. The SMILES string of the molecule is CCCCc1nn2c(C#N)c(C(C)C)nc2s1. The normalized spacial score (nSPS) is 11.2. The third-order valence-electron chi connectivity index (χ3n) is 2.67. The highest BCUT2D eigenvalue weighted by Crippen LogP contribution is 2.24. The van der Waals surface area contributed by atoms with E-state index < -0.39 is 0 Å². The molecule has 90 valence electrons. The van der Waals surface area contributed by atoms with Crippen molar-refractivity contribution >= 4 is 16.3 Å². The minimum atomic E-state index is 0.262. The first-order valence-corrected chi connectivity index (χ1v) is 6.77. The maximum Gasteiger partial charge on any atom is 0.213 e. The number of nitriles is 1. The Morgan fingerprint density at radius 2 is 2.24 bits per heavy atom. The van der Waals surface area contributed by atoms with Gasteiger partial charge in [-0.25, -0.2) is 4.98 Å². The Kier molecular flexibility index (Phi) is 3.43. The van der Waals surface area contributed by atoms with Gasteiger partial charge in [-0.2, -0.15) is 14.9 Å². The zero-order chi connectivity index (χ0) is 12.4. The quantitative estimate of drug-likeness (QED) is 0.835. The molecular formula is C12H16N4S. The topological polar surface area (TPSA) is 54.0 Å². The number of aryl methyl sites for hydroxylation is 1. The lowest BCUT2D eigenvalue weighted by atomic mass is 10.1. The molecule has 0 aliphatic rings. The number of aromatic nitrogens is 3. The Labute approximate surface area is 105 Å². The molecule has 2 heterocycles. The minimum Gasteiger partial charge on any atom is -0.221 e. The summed E-state index contributed by atoms with van der Waals surface area (Å²) in [6.45, 7) is 6.26. The van der Waals surface area contributed by atoms with Crippen LogP contribution in [0.1, 0.15) is 55.9 Å². The highest BCUT2D eigenvalue weighted by molar-refractivity contribution is 7.16. The van der Waals surface area contributed by atoms with Crippen molar-refractivity contribution in [3.63, 3.8) is 0 Å². The molecule has 5 heteroatoms. The third kappa shape index (κ3) is 2.18. The van der Waals surface area contributed by atoms with Crippen LogP contribution in [0.15, 0.2) is 0 Å².